The minimum absolute atomic E-state index is 0.135. The van der Waals surface area contributed by atoms with Crippen molar-refractivity contribution in [1.82, 2.24) is 0 Å². The standard InChI is InChI=1S/2C10H16O4.Sn/c2*1-5(2)7(9(11)12)8(6(3)4)10(13)14;/h2*5-6H,1-4H3,(H,11,12)(H,13,14);/q;;+4/p-4. The van der Waals surface area contributed by atoms with E-state index in [1.807, 2.05) is 0 Å². The molecule has 0 saturated carbocycles. The van der Waals surface area contributed by atoms with Crippen LogP contribution in [0.2, 0.25) is 0 Å². The summed E-state index contributed by atoms with van der Waals surface area (Å²) in [5, 5.41) is 0. The molecule has 2 rings (SSSR count). The van der Waals surface area contributed by atoms with Crippen LogP contribution in [0.15, 0.2) is 22.3 Å². The molecule has 9 heteroatoms. The van der Waals surface area contributed by atoms with Gasteiger partial charge in [-0.25, -0.2) is 0 Å². The van der Waals surface area contributed by atoms with Gasteiger partial charge in [-0.05, 0) is 0 Å². The van der Waals surface area contributed by atoms with Crippen molar-refractivity contribution in [1.29, 1.82) is 0 Å². The zero-order chi connectivity index (χ0) is 22.3. The van der Waals surface area contributed by atoms with Gasteiger partial charge in [0.05, 0.1) is 0 Å². The molecular formula is C20H28O8Sn. The van der Waals surface area contributed by atoms with Crippen LogP contribution in [0.3, 0.4) is 0 Å². The monoisotopic (exact) mass is 516 g/mol. The molecule has 0 N–H and O–H groups in total. The fourth-order valence-electron chi connectivity index (χ4n) is 3.43. The van der Waals surface area contributed by atoms with Gasteiger partial charge in [0.25, 0.3) is 0 Å². The Kier molecular flexibility index (Phi) is 6.86. The van der Waals surface area contributed by atoms with Crippen molar-refractivity contribution >= 4 is 43.9 Å². The molecule has 0 atom stereocenters. The van der Waals surface area contributed by atoms with Crippen LogP contribution >= 0.6 is 0 Å². The predicted molar refractivity (Wildman–Crippen MR) is 104 cm³/mol. The van der Waals surface area contributed by atoms with Gasteiger partial charge in [0.1, 0.15) is 0 Å². The van der Waals surface area contributed by atoms with E-state index in [0.717, 1.165) is 0 Å². The van der Waals surface area contributed by atoms with E-state index in [1.54, 1.807) is 55.4 Å². The van der Waals surface area contributed by atoms with Crippen molar-refractivity contribution in [2.45, 2.75) is 55.4 Å². The molecule has 0 bridgehead atoms. The minimum atomic E-state index is -5.70. The summed E-state index contributed by atoms with van der Waals surface area (Å²) in [5.74, 6) is -4.81. The molecule has 2 aliphatic heterocycles. The van der Waals surface area contributed by atoms with Gasteiger partial charge in [0, 0.05) is 0 Å². The summed E-state index contributed by atoms with van der Waals surface area (Å²) >= 11 is -5.70. The molecule has 0 saturated heterocycles. The first kappa shape index (κ1) is 23.4. The van der Waals surface area contributed by atoms with Crippen molar-refractivity contribution in [3.05, 3.63) is 22.3 Å². The summed E-state index contributed by atoms with van der Waals surface area (Å²) in [6.45, 7) is 13.9. The third-order valence-electron chi connectivity index (χ3n) is 4.64. The van der Waals surface area contributed by atoms with Crippen LogP contribution < -0.4 is 0 Å². The first-order valence-corrected chi connectivity index (χ1v) is 14.4. The quantitative estimate of drug-likeness (QED) is 0.527. The second-order valence-electron chi connectivity index (χ2n) is 8.33. The summed E-state index contributed by atoms with van der Waals surface area (Å²) in [6, 6.07) is 0. The fraction of sp³-hybridized carbons (Fsp3) is 0.600. The average Bonchev–Trinajstić information content (AvgIpc) is 2.71. The Bertz CT molecular complexity index is 681. The average molecular weight is 515 g/mol. The molecule has 0 aromatic heterocycles. The first-order chi connectivity index (χ1) is 13.3. The van der Waals surface area contributed by atoms with Gasteiger partial charge in [-0.2, -0.15) is 0 Å². The molecule has 0 unspecified atom stereocenters. The van der Waals surface area contributed by atoms with Gasteiger partial charge >= 0.3 is 177 Å². The Labute approximate surface area is 176 Å². The van der Waals surface area contributed by atoms with Crippen molar-refractivity contribution in [2.75, 3.05) is 0 Å². The van der Waals surface area contributed by atoms with Crippen molar-refractivity contribution in [3.8, 4) is 0 Å². The van der Waals surface area contributed by atoms with Gasteiger partial charge < -0.3 is 0 Å². The molecule has 0 aromatic carbocycles. The molecule has 0 aliphatic carbocycles. The Morgan fingerprint density at radius 1 is 0.448 bits per heavy atom. The molecule has 0 aromatic rings. The number of hydrogen-bond donors (Lipinski definition) is 0. The van der Waals surface area contributed by atoms with Crippen LogP contribution in [-0.2, 0) is 31.5 Å². The molecule has 0 fully saturated rings. The fourth-order valence-corrected chi connectivity index (χ4v) is 7.99. The second-order valence-corrected chi connectivity index (χ2v) is 13.5. The van der Waals surface area contributed by atoms with E-state index in [0.29, 0.717) is 0 Å². The number of rotatable bonds is 4. The predicted octanol–water partition coefficient (Wildman–Crippen LogP) is 2.84. The van der Waals surface area contributed by atoms with Gasteiger partial charge in [-0.1, -0.05) is 0 Å². The van der Waals surface area contributed by atoms with Crippen molar-refractivity contribution < 1.29 is 31.5 Å². The van der Waals surface area contributed by atoms with E-state index in [9.17, 15) is 19.2 Å². The van der Waals surface area contributed by atoms with E-state index in [4.69, 9.17) is 12.3 Å². The SMILES string of the molecule is CC(C)C1=C(C(C)C)C(=O)[O][Sn]2([O]C1=O)[O]C(=O)C(C(C)C)=C(C(C)C)C(=O)[O]2. The van der Waals surface area contributed by atoms with Gasteiger partial charge in [-0.3, -0.25) is 0 Å². The number of carbonyl (C=O) groups is 4. The second kappa shape index (κ2) is 8.49. The van der Waals surface area contributed by atoms with Crippen LogP contribution in [0.25, 0.3) is 0 Å². The van der Waals surface area contributed by atoms with Crippen molar-refractivity contribution in [2.24, 2.45) is 23.7 Å². The van der Waals surface area contributed by atoms with Crippen molar-refractivity contribution in [3.63, 3.8) is 0 Å². The normalized spacial score (nSPS) is 20.3. The van der Waals surface area contributed by atoms with Crippen LogP contribution in [0.1, 0.15) is 55.4 Å². The van der Waals surface area contributed by atoms with Crippen LogP contribution in [-0.4, -0.2) is 43.9 Å². The summed E-state index contributed by atoms with van der Waals surface area (Å²) in [4.78, 5) is 51.6. The molecule has 2 heterocycles. The zero-order valence-corrected chi connectivity index (χ0v) is 20.9. The van der Waals surface area contributed by atoms with Gasteiger partial charge in [0.15, 0.2) is 0 Å². The maximum atomic E-state index is 12.9. The summed E-state index contributed by atoms with van der Waals surface area (Å²) in [5.41, 5.74) is 0.541. The zero-order valence-electron chi connectivity index (χ0n) is 18.1. The summed E-state index contributed by atoms with van der Waals surface area (Å²) in [6.07, 6.45) is 0. The Morgan fingerprint density at radius 3 is 0.759 bits per heavy atom. The number of hydrogen-bond acceptors (Lipinski definition) is 8. The topological polar surface area (TPSA) is 105 Å². The molecular weight excluding hydrogens is 487 g/mol. The van der Waals surface area contributed by atoms with E-state index in [2.05, 4.69) is 0 Å². The summed E-state index contributed by atoms with van der Waals surface area (Å²) in [7, 11) is 0. The Morgan fingerprint density at radius 2 is 0.621 bits per heavy atom. The van der Waals surface area contributed by atoms with E-state index in [-0.39, 0.29) is 46.0 Å². The molecule has 0 radical (unpaired) electrons. The third-order valence-corrected chi connectivity index (χ3v) is 9.61. The van der Waals surface area contributed by atoms with Crippen LogP contribution in [0, 0.1) is 23.7 Å². The van der Waals surface area contributed by atoms with E-state index >= 15 is 0 Å². The Hall–Kier alpha value is -1.84. The summed E-state index contributed by atoms with van der Waals surface area (Å²) < 4.78 is 21.6. The van der Waals surface area contributed by atoms with E-state index in [1.165, 1.54) is 0 Å². The van der Waals surface area contributed by atoms with Crippen LogP contribution in [0.5, 0.6) is 0 Å². The molecule has 8 nitrogen and oxygen atoms in total. The molecule has 2 aliphatic rings. The molecule has 0 amide bonds. The maximum absolute atomic E-state index is 12.9. The molecule has 1 spiro atoms. The van der Waals surface area contributed by atoms with Gasteiger partial charge in [-0.15, -0.1) is 0 Å². The molecule has 29 heavy (non-hydrogen) atoms. The number of carbonyl (C=O) groups excluding carboxylic acids is 4. The Balaban J connectivity index is 2.58. The first-order valence-electron chi connectivity index (χ1n) is 9.72. The van der Waals surface area contributed by atoms with Crippen LogP contribution in [0.4, 0.5) is 0 Å². The molecule has 160 valence electrons. The van der Waals surface area contributed by atoms with E-state index < -0.39 is 43.9 Å². The van der Waals surface area contributed by atoms with Gasteiger partial charge in [0.2, 0.25) is 0 Å². The third kappa shape index (κ3) is 4.51.